The number of rotatable bonds is 1. The molecule has 0 atom stereocenters. The van der Waals surface area contributed by atoms with Crippen LogP contribution in [0.25, 0.3) is 22.4 Å². The number of hydrogen-bond acceptors (Lipinski definition) is 1. The summed E-state index contributed by atoms with van der Waals surface area (Å²) in [4.78, 5) is 7.07. The minimum atomic E-state index is -0.667. The molecule has 2 aromatic carbocycles. The number of benzene rings is 2. The summed E-state index contributed by atoms with van der Waals surface area (Å²) in [7, 11) is 0. The second-order valence-corrected chi connectivity index (χ2v) is 4.70. The molecule has 0 unspecified atom stereocenters. The van der Waals surface area contributed by atoms with Crippen LogP contribution in [0.3, 0.4) is 0 Å². The van der Waals surface area contributed by atoms with Gasteiger partial charge in [0.1, 0.15) is 17.2 Å². The van der Waals surface area contributed by atoms with Gasteiger partial charge in [-0.3, -0.25) is 0 Å². The smallest absolute Gasteiger partial charge is 0.153 e. The highest BCUT2D eigenvalue weighted by atomic mass is 79.9. The highest BCUT2D eigenvalue weighted by molar-refractivity contribution is 9.10. The summed E-state index contributed by atoms with van der Waals surface area (Å²) in [6, 6.07) is 9.48. The van der Waals surface area contributed by atoms with Crippen molar-refractivity contribution in [1.29, 1.82) is 0 Å². The molecule has 0 saturated heterocycles. The van der Waals surface area contributed by atoms with Crippen molar-refractivity contribution < 1.29 is 8.78 Å². The lowest BCUT2D eigenvalue weighted by Crippen LogP contribution is -1.82. The van der Waals surface area contributed by atoms with Gasteiger partial charge in [-0.1, -0.05) is 34.1 Å². The number of nitrogens with zero attached hydrogens (tertiary/aromatic N) is 1. The molecule has 3 rings (SSSR count). The molecule has 0 radical (unpaired) electrons. The Hall–Kier alpha value is -1.75. The standard InChI is InChI=1S/C13H7BrF2N2/c14-9-4-2-1-3-8(9)13-17-11-6-7(15)5-10(16)12(11)18-13/h1-6H,(H,17,18). The van der Waals surface area contributed by atoms with Crippen molar-refractivity contribution in [2.24, 2.45) is 0 Å². The van der Waals surface area contributed by atoms with Gasteiger partial charge in [0.25, 0.3) is 0 Å². The largest absolute Gasteiger partial charge is 0.338 e. The van der Waals surface area contributed by atoms with E-state index in [1.54, 1.807) is 0 Å². The Morgan fingerprint density at radius 3 is 2.67 bits per heavy atom. The summed E-state index contributed by atoms with van der Waals surface area (Å²) in [5.41, 5.74) is 1.29. The van der Waals surface area contributed by atoms with Gasteiger partial charge in [0.05, 0.1) is 5.52 Å². The Kier molecular flexibility index (Phi) is 2.63. The number of nitrogens with one attached hydrogen (secondary N) is 1. The van der Waals surface area contributed by atoms with Gasteiger partial charge < -0.3 is 4.98 Å². The monoisotopic (exact) mass is 308 g/mol. The van der Waals surface area contributed by atoms with E-state index in [1.165, 1.54) is 6.07 Å². The number of hydrogen-bond donors (Lipinski definition) is 1. The van der Waals surface area contributed by atoms with Crippen molar-refractivity contribution >= 4 is 27.0 Å². The predicted molar refractivity (Wildman–Crippen MR) is 69.1 cm³/mol. The Morgan fingerprint density at radius 2 is 1.89 bits per heavy atom. The first-order chi connectivity index (χ1) is 8.65. The molecule has 5 heteroatoms. The van der Waals surface area contributed by atoms with E-state index < -0.39 is 11.6 Å². The maximum atomic E-state index is 13.5. The Balaban J connectivity index is 2.26. The molecule has 0 aliphatic rings. The van der Waals surface area contributed by atoms with E-state index in [2.05, 4.69) is 25.9 Å². The van der Waals surface area contributed by atoms with Gasteiger partial charge in [0, 0.05) is 16.1 Å². The molecule has 0 bridgehead atoms. The zero-order chi connectivity index (χ0) is 12.7. The number of H-pyrrole nitrogens is 1. The summed E-state index contributed by atoms with van der Waals surface area (Å²) in [6.45, 7) is 0. The molecule has 1 aromatic heterocycles. The van der Waals surface area contributed by atoms with Gasteiger partial charge in [-0.05, 0) is 12.1 Å². The fraction of sp³-hybridized carbons (Fsp3) is 0. The van der Waals surface area contributed by atoms with Gasteiger partial charge in [0.2, 0.25) is 0 Å². The normalized spacial score (nSPS) is 11.1. The zero-order valence-corrected chi connectivity index (χ0v) is 10.6. The summed E-state index contributed by atoms with van der Waals surface area (Å²) in [6.07, 6.45) is 0. The third-order valence-electron chi connectivity index (χ3n) is 2.63. The maximum Gasteiger partial charge on any atom is 0.153 e. The molecule has 1 heterocycles. The lowest BCUT2D eigenvalue weighted by Gasteiger charge is -1.98. The van der Waals surface area contributed by atoms with Crippen molar-refractivity contribution in [2.75, 3.05) is 0 Å². The highest BCUT2D eigenvalue weighted by Gasteiger charge is 2.12. The van der Waals surface area contributed by atoms with Crippen LogP contribution in [0.15, 0.2) is 40.9 Å². The van der Waals surface area contributed by atoms with Gasteiger partial charge in [-0.2, -0.15) is 0 Å². The van der Waals surface area contributed by atoms with Gasteiger partial charge >= 0.3 is 0 Å². The average Bonchev–Trinajstić information content (AvgIpc) is 2.73. The zero-order valence-electron chi connectivity index (χ0n) is 9.05. The predicted octanol–water partition coefficient (Wildman–Crippen LogP) is 4.27. The van der Waals surface area contributed by atoms with E-state index in [0.29, 0.717) is 11.3 Å². The fourth-order valence-corrected chi connectivity index (χ4v) is 2.30. The van der Waals surface area contributed by atoms with Crippen molar-refractivity contribution in [1.82, 2.24) is 9.97 Å². The van der Waals surface area contributed by atoms with E-state index >= 15 is 0 Å². The number of aromatic amines is 1. The topological polar surface area (TPSA) is 28.7 Å². The molecule has 2 nitrogen and oxygen atoms in total. The first-order valence-electron chi connectivity index (χ1n) is 5.25. The van der Waals surface area contributed by atoms with Crippen LogP contribution in [0.5, 0.6) is 0 Å². The van der Waals surface area contributed by atoms with Gasteiger partial charge in [-0.15, -0.1) is 0 Å². The van der Waals surface area contributed by atoms with Crippen LogP contribution in [-0.2, 0) is 0 Å². The number of aromatic nitrogens is 2. The molecular weight excluding hydrogens is 302 g/mol. The quantitative estimate of drug-likeness (QED) is 0.714. The molecule has 3 aromatic rings. The molecule has 0 saturated carbocycles. The lowest BCUT2D eigenvalue weighted by atomic mass is 10.2. The third kappa shape index (κ3) is 1.80. The first kappa shape index (κ1) is 11.3. The number of fused-ring (bicyclic) bond motifs is 1. The Morgan fingerprint density at radius 1 is 1.11 bits per heavy atom. The van der Waals surface area contributed by atoms with Gasteiger partial charge in [-0.25, -0.2) is 13.8 Å². The van der Waals surface area contributed by atoms with E-state index in [9.17, 15) is 8.78 Å². The molecule has 0 spiro atoms. The van der Waals surface area contributed by atoms with Crippen LogP contribution >= 0.6 is 15.9 Å². The molecular formula is C13H7BrF2N2. The van der Waals surface area contributed by atoms with Crippen molar-refractivity contribution in [2.45, 2.75) is 0 Å². The summed E-state index contributed by atoms with van der Waals surface area (Å²) >= 11 is 3.40. The van der Waals surface area contributed by atoms with Crippen LogP contribution < -0.4 is 0 Å². The molecule has 18 heavy (non-hydrogen) atoms. The molecule has 90 valence electrons. The fourth-order valence-electron chi connectivity index (χ4n) is 1.82. The summed E-state index contributed by atoms with van der Waals surface area (Å²) in [5, 5.41) is 0. The van der Waals surface area contributed by atoms with Crippen LogP contribution in [0.4, 0.5) is 8.78 Å². The van der Waals surface area contributed by atoms with E-state index in [0.717, 1.165) is 16.1 Å². The summed E-state index contributed by atoms with van der Waals surface area (Å²) < 4.78 is 27.5. The van der Waals surface area contributed by atoms with Crippen LogP contribution in [0, 0.1) is 11.6 Å². The molecule has 1 N–H and O–H groups in total. The minimum absolute atomic E-state index is 0.141. The molecule has 0 fully saturated rings. The summed E-state index contributed by atoms with van der Waals surface area (Å²) in [5.74, 6) is -0.788. The van der Waals surface area contributed by atoms with Crippen LogP contribution in [0.2, 0.25) is 0 Å². The van der Waals surface area contributed by atoms with Gasteiger partial charge in [0.15, 0.2) is 5.82 Å². The van der Waals surface area contributed by atoms with Crippen LogP contribution in [0.1, 0.15) is 0 Å². The Labute approximate surface area is 110 Å². The minimum Gasteiger partial charge on any atom is -0.338 e. The first-order valence-corrected chi connectivity index (χ1v) is 6.04. The highest BCUT2D eigenvalue weighted by Crippen LogP contribution is 2.28. The second kappa shape index (κ2) is 4.17. The SMILES string of the molecule is Fc1cc(F)c2nc(-c3ccccc3Br)[nH]c2c1. The van der Waals surface area contributed by atoms with Crippen molar-refractivity contribution in [3.8, 4) is 11.4 Å². The second-order valence-electron chi connectivity index (χ2n) is 3.85. The van der Waals surface area contributed by atoms with E-state index in [1.807, 2.05) is 24.3 Å². The Bertz CT molecular complexity index is 737. The van der Waals surface area contributed by atoms with Crippen molar-refractivity contribution in [3.63, 3.8) is 0 Å². The number of imidazole rings is 1. The van der Waals surface area contributed by atoms with Crippen LogP contribution in [-0.4, -0.2) is 9.97 Å². The lowest BCUT2D eigenvalue weighted by molar-refractivity contribution is 0.591. The number of halogens is 3. The average molecular weight is 309 g/mol. The molecule has 0 amide bonds. The third-order valence-corrected chi connectivity index (χ3v) is 3.33. The van der Waals surface area contributed by atoms with E-state index in [4.69, 9.17) is 0 Å². The molecule has 0 aliphatic heterocycles. The molecule has 0 aliphatic carbocycles. The maximum absolute atomic E-state index is 13.5. The van der Waals surface area contributed by atoms with E-state index in [-0.39, 0.29) is 5.52 Å². The van der Waals surface area contributed by atoms with Crippen molar-refractivity contribution in [3.05, 3.63) is 52.5 Å².